The summed E-state index contributed by atoms with van der Waals surface area (Å²) in [7, 11) is 0. The van der Waals surface area contributed by atoms with Crippen molar-refractivity contribution < 1.29 is 28.7 Å². The standard InChI is InChI=1S/C40H33N3O7S2/c1-2-49-39(47)21-14-16-22(17-15-21)43-37(45)32-25-18-26(33(32)38(43)46)34-31(25)30(35-36(51-34)42-40(48)52-35)24-11-5-6-13-28(24)50-19-29(44)41-27-12-7-9-20-8-3-4-10-23(20)27/h3-17,25-26,30-34H,2,18-19H2,1H3,(H,41,44)(H,42,48)/t25-,26-,30-,31?,32?,33?,34?/m1/s1. The average Bonchev–Trinajstić information content (AvgIpc) is 3.90. The molecule has 4 aliphatic rings. The Kier molecular flexibility index (Phi) is 8.04. The molecular weight excluding hydrogens is 699 g/mol. The molecule has 0 radical (unpaired) electrons. The summed E-state index contributed by atoms with van der Waals surface area (Å²) in [6.07, 6.45) is 0.733. The number of esters is 1. The Balaban J connectivity index is 1.01. The van der Waals surface area contributed by atoms with Crippen molar-refractivity contribution in [3.8, 4) is 5.75 Å². The first-order valence-corrected chi connectivity index (χ1v) is 19.1. The molecule has 7 atom stereocenters. The lowest BCUT2D eigenvalue weighted by atomic mass is 9.68. The van der Waals surface area contributed by atoms with Crippen LogP contribution >= 0.6 is 23.1 Å². The maximum atomic E-state index is 14.2. The molecule has 2 saturated carbocycles. The summed E-state index contributed by atoms with van der Waals surface area (Å²) >= 11 is 2.78. The molecule has 262 valence electrons. The van der Waals surface area contributed by atoms with Crippen molar-refractivity contribution in [2.24, 2.45) is 29.6 Å². The molecule has 2 bridgehead atoms. The fraction of sp³-hybridized carbons (Fsp3) is 0.275. The number of fused-ring (bicyclic) bond motifs is 10. The van der Waals surface area contributed by atoms with Gasteiger partial charge in [0.1, 0.15) is 5.75 Å². The molecule has 3 heterocycles. The van der Waals surface area contributed by atoms with Crippen molar-refractivity contribution >= 4 is 68.9 Å². The van der Waals surface area contributed by atoms with Gasteiger partial charge in [0.25, 0.3) is 5.91 Å². The van der Waals surface area contributed by atoms with Gasteiger partial charge in [-0.25, -0.2) is 4.79 Å². The number of para-hydroxylation sites is 1. The highest BCUT2D eigenvalue weighted by atomic mass is 32.2. The molecule has 4 aromatic carbocycles. The van der Waals surface area contributed by atoms with Gasteiger partial charge in [0, 0.05) is 32.7 Å². The quantitative estimate of drug-likeness (QED) is 0.137. The lowest BCUT2D eigenvalue weighted by molar-refractivity contribution is -0.123. The van der Waals surface area contributed by atoms with Gasteiger partial charge in [-0.05, 0) is 72.9 Å². The van der Waals surface area contributed by atoms with Gasteiger partial charge in [0.05, 0.1) is 34.7 Å². The Morgan fingerprint density at radius 1 is 0.885 bits per heavy atom. The van der Waals surface area contributed by atoms with Crippen LogP contribution in [0.4, 0.5) is 11.4 Å². The Morgan fingerprint density at radius 2 is 1.62 bits per heavy atom. The van der Waals surface area contributed by atoms with E-state index in [0.717, 1.165) is 32.7 Å². The number of rotatable bonds is 8. The first-order chi connectivity index (χ1) is 25.3. The minimum Gasteiger partial charge on any atom is -0.483 e. The van der Waals surface area contributed by atoms with E-state index in [0.29, 0.717) is 22.7 Å². The number of imide groups is 1. The molecule has 52 heavy (non-hydrogen) atoms. The number of hydrogen-bond donors (Lipinski definition) is 2. The van der Waals surface area contributed by atoms with Crippen LogP contribution in [0.15, 0.2) is 101 Å². The zero-order chi connectivity index (χ0) is 35.7. The van der Waals surface area contributed by atoms with E-state index >= 15 is 0 Å². The predicted octanol–water partition coefficient (Wildman–Crippen LogP) is 6.46. The van der Waals surface area contributed by atoms with Crippen LogP contribution in [0.2, 0.25) is 0 Å². The number of anilines is 2. The summed E-state index contributed by atoms with van der Waals surface area (Å²) in [4.78, 5) is 71.7. The summed E-state index contributed by atoms with van der Waals surface area (Å²) in [5.41, 5.74) is 2.33. The van der Waals surface area contributed by atoms with Gasteiger partial charge < -0.3 is 19.8 Å². The molecule has 2 aliphatic carbocycles. The number of hydrogen-bond acceptors (Lipinski definition) is 9. The number of thioether (sulfide) groups is 1. The SMILES string of the molecule is CCOC(=O)c1ccc(N2C(=O)C3C(C2=O)[C@@H]2C[C@H]3C3Sc4[nH]c(=O)sc4[C@H](c4ccccc4OCC(=O)Nc4cccc5ccccc45)C32)cc1. The Bertz CT molecular complexity index is 2330. The van der Waals surface area contributed by atoms with E-state index in [1.54, 1.807) is 43.0 Å². The smallest absolute Gasteiger partial charge is 0.338 e. The van der Waals surface area contributed by atoms with Crippen LogP contribution in [0.1, 0.15) is 40.1 Å². The topological polar surface area (TPSA) is 135 Å². The van der Waals surface area contributed by atoms with Crippen molar-refractivity contribution in [1.29, 1.82) is 0 Å². The largest absolute Gasteiger partial charge is 0.483 e. The molecule has 2 N–H and O–H groups in total. The van der Waals surface area contributed by atoms with Gasteiger partial charge in [-0.2, -0.15) is 0 Å². The van der Waals surface area contributed by atoms with Gasteiger partial charge in [0.15, 0.2) is 6.61 Å². The van der Waals surface area contributed by atoms with Crippen LogP contribution in [0, 0.1) is 29.6 Å². The lowest BCUT2D eigenvalue weighted by Gasteiger charge is -2.43. The van der Waals surface area contributed by atoms with Crippen LogP contribution < -0.4 is 19.8 Å². The summed E-state index contributed by atoms with van der Waals surface area (Å²) in [6.45, 7) is 1.76. The zero-order valence-corrected chi connectivity index (χ0v) is 29.6. The molecule has 12 heteroatoms. The number of amides is 3. The minimum atomic E-state index is -0.497. The molecule has 2 aliphatic heterocycles. The zero-order valence-electron chi connectivity index (χ0n) is 27.9. The Labute approximate surface area is 306 Å². The summed E-state index contributed by atoms with van der Waals surface area (Å²) in [6, 6.07) is 27.6. The van der Waals surface area contributed by atoms with Gasteiger partial charge in [0.2, 0.25) is 11.8 Å². The highest BCUT2D eigenvalue weighted by molar-refractivity contribution is 8.00. The van der Waals surface area contributed by atoms with Gasteiger partial charge >= 0.3 is 10.8 Å². The second kappa shape index (κ2) is 12.8. The molecule has 5 aromatic rings. The molecule has 3 fully saturated rings. The van der Waals surface area contributed by atoms with E-state index in [9.17, 15) is 24.0 Å². The van der Waals surface area contributed by atoms with Crippen LogP contribution in [-0.4, -0.2) is 47.1 Å². The van der Waals surface area contributed by atoms with Crippen LogP contribution in [-0.2, 0) is 19.1 Å². The number of benzene rings is 4. The Hall–Kier alpha value is -5.20. The summed E-state index contributed by atoms with van der Waals surface area (Å²) in [5, 5.41) is 5.71. The third-order valence-corrected chi connectivity index (χ3v) is 13.6. The first-order valence-electron chi connectivity index (χ1n) is 17.4. The van der Waals surface area contributed by atoms with Gasteiger partial charge in [-0.3, -0.25) is 24.1 Å². The highest BCUT2D eigenvalue weighted by Crippen LogP contribution is 2.69. The van der Waals surface area contributed by atoms with E-state index in [2.05, 4.69) is 10.3 Å². The maximum Gasteiger partial charge on any atom is 0.338 e. The number of nitrogens with zero attached hydrogens (tertiary/aromatic N) is 1. The summed E-state index contributed by atoms with van der Waals surface area (Å²) < 4.78 is 11.4. The number of aromatic amines is 1. The van der Waals surface area contributed by atoms with Gasteiger partial charge in [-0.15, -0.1) is 11.8 Å². The number of H-pyrrole nitrogens is 1. The van der Waals surface area contributed by atoms with E-state index in [1.807, 2.05) is 66.7 Å². The number of aromatic nitrogens is 1. The third kappa shape index (κ3) is 5.18. The number of carbonyl (C=O) groups is 4. The van der Waals surface area contributed by atoms with E-state index in [1.165, 1.54) is 16.2 Å². The highest BCUT2D eigenvalue weighted by Gasteiger charge is 2.69. The fourth-order valence-corrected chi connectivity index (χ4v) is 12.0. The van der Waals surface area contributed by atoms with E-state index in [4.69, 9.17) is 9.47 Å². The maximum absolute atomic E-state index is 14.2. The van der Waals surface area contributed by atoms with Crippen molar-refractivity contribution in [2.75, 3.05) is 23.4 Å². The molecule has 10 nitrogen and oxygen atoms in total. The molecule has 9 rings (SSSR count). The first kappa shape index (κ1) is 32.7. The van der Waals surface area contributed by atoms with E-state index < -0.39 is 17.8 Å². The number of thiazole rings is 1. The van der Waals surface area contributed by atoms with Crippen LogP contribution in [0.5, 0.6) is 5.75 Å². The molecule has 4 unspecified atom stereocenters. The molecule has 1 saturated heterocycles. The van der Waals surface area contributed by atoms with Crippen LogP contribution in [0.3, 0.4) is 0 Å². The number of carbonyl (C=O) groups excluding carboxylic acids is 4. The monoisotopic (exact) mass is 731 g/mol. The van der Waals surface area contributed by atoms with E-state index in [-0.39, 0.29) is 64.7 Å². The molecule has 1 aromatic heterocycles. The van der Waals surface area contributed by atoms with Crippen molar-refractivity contribution in [3.05, 3.63) is 117 Å². The predicted molar refractivity (Wildman–Crippen MR) is 198 cm³/mol. The molecule has 0 spiro atoms. The third-order valence-electron chi connectivity index (χ3n) is 11.0. The fourth-order valence-electron chi connectivity index (χ4n) is 9.11. The van der Waals surface area contributed by atoms with Crippen molar-refractivity contribution in [3.63, 3.8) is 0 Å². The summed E-state index contributed by atoms with van der Waals surface area (Å²) in [5.74, 6) is -2.13. The number of ether oxygens (including phenoxy) is 2. The van der Waals surface area contributed by atoms with Crippen LogP contribution in [0.25, 0.3) is 10.8 Å². The minimum absolute atomic E-state index is 0.0143. The second-order valence-corrected chi connectivity index (χ2v) is 15.8. The average molecular weight is 732 g/mol. The van der Waals surface area contributed by atoms with Crippen molar-refractivity contribution in [1.82, 2.24) is 4.98 Å². The molecular formula is C40H33N3O7S2. The van der Waals surface area contributed by atoms with Crippen molar-refractivity contribution in [2.45, 2.75) is 29.5 Å². The van der Waals surface area contributed by atoms with Gasteiger partial charge in [-0.1, -0.05) is 65.9 Å². The molecule has 3 amide bonds. The lowest BCUT2D eigenvalue weighted by Crippen LogP contribution is -2.42. The second-order valence-electron chi connectivity index (χ2n) is 13.6. The Morgan fingerprint density at radius 3 is 2.42 bits per heavy atom. The number of nitrogens with one attached hydrogen (secondary N) is 2. The normalized spacial score (nSPS) is 25.5.